The number of aliphatic imine (C=N–C) groups is 1. The van der Waals surface area contributed by atoms with E-state index in [0.717, 1.165) is 23.2 Å². The lowest BCUT2D eigenvalue weighted by atomic mass is 9.99. The van der Waals surface area contributed by atoms with Crippen LogP contribution in [0.3, 0.4) is 0 Å². The van der Waals surface area contributed by atoms with Crippen molar-refractivity contribution in [3.63, 3.8) is 0 Å². The van der Waals surface area contributed by atoms with Crippen LogP contribution in [0.25, 0.3) is 16.5 Å². The first-order valence-corrected chi connectivity index (χ1v) is 11.0. The third kappa shape index (κ3) is 3.96. The van der Waals surface area contributed by atoms with Crippen LogP contribution >= 0.6 is 0 Å². The molecule has 3 aromatic carbocycles. The number of aromatic hydroxyl groups is 1. The Hall–Kier alpha value is -3.66. The average molecular weight is 425 g/mol. The van der Waals surface area contributed by atoms with Gasteiger partial charge in [0.15, 0.2) is 0 Å². The maximum Gasteiger partial charge on any atom is 0.265 e. The van der Waals surface area contributed by atoms with Gasteiger partial charge < -0.3 is 5.11 Å². The lowest BCUT2D eigenvalue weighted by molar-refractivity contribution is 0.436. The zero-order chi connectivity index (χ0) is 22.8. The van der Waals surface area contributed by atoms with Crippen molar-refractivity contribution in [3.05, 3.63) is 99.3 Å². The molecule has 4 aromatic rings. The number of hydrogen-bond acceptors (Lipinski definition) is 3. The van der Waals surface area contributed by atoms with Crippen LogP contribution in [0.1, 0.15) is 48.4 Å². The van der Waals surface area contributed by atoms with Crippen molar-refractivity contribution in [2.24, 2.45) is 4.99 Å². The summed E-state index contributed by atoms with van der Waals surface area (Å²) in [6, 6.07) is 21.2. The van der Waals surface area contributed by atoms with E-state index >= 15 is 0 Å². The monoisotopic (exact) mass is 424 g/mol. The van der Waals surface area contributed by atoms with Crippen molar-refractivity contribution in [2.45, 2.75) is 40.0 Å². The van der Waals surface area contributed by atoms with Gasteiger partial charge in [0.25, 0.3) is 5.56 Å². The number of aromatic nitrogens is 1. The molecular formula is C28H28N2O2. The summed E-state index contributed by atoms with van der Waals surface area (Å²) < 4.78 is 1.36. The summed E-state index contributed by atoms with van der Waals surface area (Å²) in [5.41, 5.74) is 5.16. The van der Waals surface area contributed by atoms with Crippen LogP contribution < -0.4 is 5.56 Å². The van der Waals surface area contributed by atoms with Crippen molar-refractivity contribution in [3.8, 4) is 11.6 Å². The van der Waals surface area contributed by atoms with Gasteiger partial charge in [0.2, 0.25) is 5.88 Å². The van der Waals surface area contributed by atoms with E-state index < -0.39 is 0 Å². The van der Waals surface area contributed by atoms with E-state index in [2.05, 4.69) is 31.0 Å². The van der Waals surface area contributed by atoms with Gasteiger partial charge in [-0.3, -0.25) is 9.79 Å². The van der Waals surface area contributed by atoms with Crippen LogP contribution in [0, 0.1) is 13.8 Å². The Labute approximate surface area is 188 Å². The number of rotatable bonds is 5. The smallest absolute Gasteiger partial charge is 0.265 e. The van der Waals surface area contributed by atoms with Gasteiger partial charge in [0.05, 0.1) is 16.9 Å². The summed E-state index contributed by atoms with van der Waals surface area (Å²) in [5.74, 6) is 0.388. The van der Waals surface area contributed by atoms with Crippen molar-refractivity contribution in [2.75, 3.05) is 0 Å². The molecule has 32 heavy (non-hydrogen) atoms. The second-order valence-corrected chi connectivity index (χ2v) is 8.35. The molecule has 1 atom stereocenters. The minimum absolute atomic E-state index is 0.114. The number of hydrogen-bond donors (Lipinski definition) is 1. The third-order valence-electron chi connectivity index (χ3n) is 6.27. The molecule has 0 saturated heterocycles. The van der Waals surface area contributed by atoms with E-state index in [1.165, 1.54) is 10.1 Å². The second-order valence-electron chi connectivity index (χ2n) is 8.35. The first kappa shape index (κ1) is 21.6. The van der Waals surface area contributed by atoms with Crippen molar-refractivity contribution in [1.82, 2.24) is 4.57 Å². The largest absolute Gasteiger partial charge is 0.494 e. The van der Waals surface area contributed by atoms with Gasteiger partial charge in [-0.1, -0.05) is 50.2 Å². The van der Waals surface area contributed by atoms with Crippen molar-refractivity contribution >= 4 is 22.7 Å². The summed E-state index contributed by atoms with van der Waals surface area (Å²) in [7, 11) is 0. The predicted octanol–water partition coefficient (Wildman–Crippen LogP) is 6.58. The second kappa shape index (κ2) is 8.83. The number of nitrogens with zero attached hydrogens (tertiary/aromatic N) is 2. The predicted molar refractivity (Wildman–Crippen MR) is 133 cm³/mol. The SMILES string of the molecule is CC[C@@H](C)c1ccc(N=Cc2c(O)n(-c3ccc(C)c(C)c3)c(=O)c3ccccc23)cc1. The third-order valence-corrected chi connectivity index (χ3v) is 6.27. The van der Waals surface area contributed by atoms with Gasteiger partial charge in [0, 0.05) is 17.0 Å². The highest BCUT2D eigenvalue weighted by molar-refractivity contribution is 6.02. The van der Waals surface area contributed by atoms with E-state index in [9.17, 15) is 9.90 Å². The van der Waals surface area contributed by atoms with Gasteiger partial charge in [0.1, 0.15) is 0 Å². The summed E-state index contributed by atoms with van der Waals surface area (Å²) in [5, 5.41) is 12.4. The Morgan fingerprint density at radius 1 is 0.969 bits per heavy atom. The highest BCUT2D eigenvalue weighted by atomic mass is 16.3. The lowest BCUT2D eigenvalue weighted by Crippen LogP contribution is -2.20. The molecular weight excluding hydrogens is 396 g/mol. The van der Waals surface area contributed by atoms with Crippen molar-refractivity contribution in [1.29, 1.82) is 0 Å². The standard InChI is InChI=1S/C28H28N2O2/c1-5-18(2)21-11-13-22(14-12-21)29-17-26-24-8-6-7-9-25(24)27(31)30(28(26)32)23-15-10-19(3)20(4)16-23/h6-18,32H,5H2,1-4H3/t18-/m1/s1. The minimum Gasteiger partial charge on any atom is -0.494 e. The Kier molecular flexibility index (Phi) is 5.95. The van der Waals surface area contributed by atoms with E-state index in [1.54, 1.807) is 12.3 Å². The fourth-order valence-corrected chi connectivity index (χ4v) is 3.86. The summed E-state index contributed by atoms with van der Waals surface area (Å²) >= 11 is 0. The highest BCUT2D eigenvalue weighted by Gasteiger charge is 2.16. The van der Waals surface area contributed by atoms with Crippen LogP contribution in [0.15, 0.2) is 76.5 Å². The molecule has 162 valence electrons. The number of benzene rings is 3. The number of fused-ring (bicyclic) bond motifs is 1. The summed E-state index contributed by atoms with van der Waals surface area (Å²) in [4.78, 5) is 17.9. The molecule has 1 N–H and O–H groups in total. The van der Waals surface area contributed by atoms with Gasteiger partial charge >= 0.3 is 0 Å². The molecule has 0 saturated carbocycles. The van der Waals surface area contributed by atoms with Crippen LogP contribution in [0.2, 0.25) is 0 Å². The molecule has 0 radical (unpaired) electrons. The zero-order valence-electron chi connectivity index (χ0n) is 19.0. The highest BCUT2D eigenvalue weighted by Crippen LogP contribution is 2.28. The molecule has 4 rings (SSSR count). The Morgan fingerprint density at radius 2 is 1.66 bits per heavy atom. The van der Waals surface area contributed by atoms with E-state index in [0.29, 0.717) is 27.9 Å². The van der Waals surface area contributed by atoms with Crippen LogP contribution in [0.5, 0.6) is 5.88 Å². The van der Waals surface area contributed by atoms with Crippen LogP contribution in [-0.4, -0.2) is 15.9 Å². The topological polar surface area (TPSA) is 54.6 Å². The molecule has 1 heterocycles. The number of aryl methyl sites for hydroxylation is 2. The molecule has 0 fully saturated rings. The summed E-state index contributed by atoms with van der Waals surface area (Å²) in [6.45, 7) is 8.40. The molecule has 0 aliphatic rings. The lowest BCUT2D eigenvalue weighted by Gasteiger charge is -2.15. The quantitative estimate of drug-likeness (QED) is 0.368. The van der Waals surface area contributed by atoms with Gasteiger partial charge in [-0.15, -0.1) is 0 Å². The van der Waals surface area contributed by atoms with Crippen LogP contribution in [0.4, 0.5) is 5.69 Å². The van der Waals surface area contributed by atoms with E-state index in [1.807, 2.05) is 62.4 Å². The Bertz CT molecular complexity index is 1370. The molecule has 4 nitrogen and oxygen atoms in total. The maximum absolute atomic E-state index is 13.3. The van der Waals surface area contributed by atoms with Gasteiger partial charge in [-0.2, -0.15) is 0 Å². The molecule has 0 aliphatic heterocycles. The number of pyridine rings is 1. The van der Waals surface area contributed by atoms with Gasteiger partial charge in [-0.25, -0.2) is 4.57 Å². The molecule has 0 bridgehead atoms. The molecule has 1 aromatic heterocycles. The minimum atomic E-state index is -0.253. The molecule has 0 aliphatic carbocycles. The fourth-order valence-electron chi connectivity index (χ4n) is 3.86. The zero-order valence-corrected chi connectivity index (χ0v) is 19.0. The van der Waals surface area contributed by atoms with Gasteiger partial charge in [-0.05, 0) is 73.2 Å². The first-order valence-electron chi connectivity index (χ1n) is 11.0. The molecule has 0 amide bonds. The molecule has 0 spiro atoms. The Morgan fingerprint density at radius 3 is 2.31 bits per heavy atom. The average Bonchev–Trinajstić information content (AvgIpc) is 2.81. The maximum atomic E-state index is 13.3. The van der Waals surface area contributed by atoms with E-state index in [-0.39, 0.29) is 11.4 Å². The first-order chi connectivity index (χ1) is 15.4. The molecule has 4 heteroatoms. The summed E-state index contributed by atoms with van der Waals surface area (Å²) in [6.07, 6.45) is 2.73. The normalized spacial score (nSPS) is 12.5. The fraction of sp³-hybridized carbons (Fsp3) is 0.214. The van der Waals surface area contributed by atoms with E-state index in [4.69, 9.17) is 0 Å². The van der Waals surface area contributed by atoms with Crippen molar-refractivity contribution < 1.29 is 5.11 Å². The Balaban J connectivity index is 1.86. The molecule has 0 unspecified atom stereocenters. The van der Waals surface area contributed by atoms with Crippen LogP contribution in [-0.2, 0) is 0 Å².